The van der Waals surface area contributed by atoms with E-state index < -0.39 is 0 Å². The predicted molar refractivity (Wildman–Crippen MR) is 80.1 cm³/mol. The van der Waals surface area contributed by atoms with Crippen molar-refractivity contribution in [2.45, 2.75) is 45.7 Å². The average molecular weight is 269 g/mol. The van der Waals surface area contributed by atoms with Gasteiger partial charge >= 0.3 is 0 Å². The zero-order valence-corrected chi connectivity index (χ0v) is 12.7. The predicted octanol–water partition coefficient (Wildman–Crippen LogP) is 3.77. The van der Waals surface area contributed by atoms with Crippen molar-refractivity contribution in [3.63, 3.8) is 0 Å². The molecule has 3 heteroatoms. The highest BCUT2D eigenvalue weighted by molar-refractivity contribution is 6.30. The number of nitrogens with two attached hydrogens (primary N) is 1. The minimum Gasteiger partial charge on any atom is -0.329 e. The lowest BCUT2D eigenvalue weighted by Crippen LogP contribution is -2.37. The second-order valence-corrected chi connectivity index (χ2v) is 5.49. The Morgan fingerprint density at radius 1 is 1.39 bits per heavy atom. The van der Waals surface area contributed by atoms with Crippen molar-refractivity contribution in [1.82, 2.24) is 4.90 Å². The van der Waals surface area contributed by atoms with Gasteiger partial charge in [0.05, 0.1) is 0 Å². The third-order valence-corrected chi connectivity index (χ3v) is 3.94. The van der Waals surface area contributed by atoms with E-state index in [1.54, 1.807) is 0 Å². The van der Waals surface area contributed by atoms with E-state index in [2.05, 4.69) is 38.8 Å². The fourth-order valence-electron chi connectivity index (χ4n) is 2.45. The first-order chi connectivity index (χ1) is 8.51. The lowest BCUT2D eigenvalue weighted by Gasteiger charge is -2.33. The molecule has 18 heavy (non-hydrogen) atoms. The molecule has 0 radical (unpaired) electrons. The standard InChI is InChI=1S/C15H25ClN2/c1-5-6-12(3)18(4)15(10-17)14-8-7-13(16)9-11(14)2/h7-9,12,15H,5-6,10,17H2,1-4H3. The molecule has 0 heterocycles. The smallest absolute Gasteiger partial charge is 0.0472 e. The zero-order chi connectivity index (χ0) is 13.7. The normalized spacial score (nSPS) is 14.8. The summed E-state index contributed by atoms with van der Waals surface area (Å²) in [5.41, 5.74) is 8.47. The molecule has 0 amide bonds. The maximum atomic E-state index is 6.01. The number of benzene rings is 1. The molecule has 0 spiro atoms. The molecule has 0 aromatic heterocycles. The molecule has 0 saturated carbocycles. The van der Waals surface area contributed by atoms with E-state index in [9.17, 15) is 0 Å². The van der Waals surface area contributed by atoms with E-state index in [1.807, 2.05) is 12.1 Å². The lowest BCUT2D eigenvalue weighted by molar-refractivity contribution is 0.179. The highest BCUT2D eigenvalue weighted by atomic mass is 35.5. The molecular weight excluding hydrogens is 244 g/mol. The molecule has 2 nitrogen and oxygen atoms in total. The number of hydrogen-bond donors (Lipinski definition) is 1. The van der Waals surface area contributed by atoms with Crippen molar-refractivity contribution in [3.8, 4) is 0 Å². The van der Waals surface area contributed by atoms with Gasteiger partial charge in [-0.2, -0.15) is 0 Å². The minimum absolute atomic E-state index is 0.267. The van der Waals surface area contributed by atoms with Crippen molar-refractivity contribution >= 4 is 11.6 Å². The quantitative estimate of drug-likeness (QED) is 0.851. The maximum absolute atomic E-state index is 6.01. The molecule has 0 saturated heterocycles. The molecule has 102 valence electrons. The Labute approximate surface area is 116 Å². The fraction of sp³-hybridized carbons (Fsp3) is 0.600. The van der Waals surface area contributed by atoms with Crippen molar-refractivity contribution in [1.29, 1.82) is 0 Å². The SMILES string of the molecule is CCCC(C)N(C)C(CN)c1ccc(Cl)cc1C. The summed E-state index contributed by atoms with van der Waals surface area (Å²) in [6, 6.07) is 6.87. The number of halogens is 1. The highest BCUT2D eigenvalue weighted by Crippen LogP contribution is 2.26. The molecule has 2 atom stereocenters. The summed E-state index contributed by atoms with van der Waals surface area (Å²) in [5, 5.41) is 0.788. The molecule has 0 aliphatic rings. The first-order valence-electron chi connectivity index (χ1n) is 6.69. The van der Waals surface area contributed by atoms with E-state index in [0.717, 1.165) is 5.02 Å². The zero-order valence-electron chi connectivity index (χ0n) is 11.9. The van der Waals surface area contributed by atoms with Gasteiger partial charge in [0.2, 0.25) is 0 Å². The summed E-state index contributed by atoms with van der Waals surface area (Å²) in [6.07, 6.45) is 2.39. The topological polar surface area (TPSA) is 29.3 Å². The highest BCUT2D eigenvalue weighted by Gasteiger charge is 2.21. The molecule has 2 unspecified atom stereocenters. The van der Waals surface area contributed by atoms with Crippen LogP contribution in [0.25, 0.3) is 0 Å². The van der Waals surface area contributed by atoms with Gasteiger partial charge in [-0.1, -0.05) is 31.0 Å². The van der Waals surface area contributed by atoms with E-state index >= 15 is 0 Å². The molecule has 0 aliphatic carbocycles. The monoisotopic (exact) mass is 268 g/mol. The van der Waals surface area contributed by atoms with Gasteiger partial charge in [0.25, 0.3) is 0 Å². The van der Waals surface area contributed by atoms with E-state index in [1.165, 1.54) is 24.0 Å². The largest absolute Gasteiger partial charge is 0.329 e. The van der Waals surface area contributed by atoms with Gasteiger partial charge in [0.15, 0.2) is 0 Å². The van der Waals surface area contributed by atoms with Crippen LogP contribution in [-0.4, -0.2) is 24.5 Å². The fourth-order valence-corrected chi connectivity index (χ4v) is 2.68. The third kappa shape index (κ3) is 3.71. The van der Waals surface area contributed by atoms with Crippen molar-refractivity contribution in [2.75, 3.05) is 13.6 Å². The number of rotatable bonds is 6. The maximum Gasteiger partial charge on any atom is 0.0472 e. The molecule has 0 bridgehead atoms. The van der Waals surface area contributed by atoms with Crippen LogP contribution >= 0.6 is 11.6 Å². The van der Waals surface area contributed by atoms with Crippen LogP contribution in [0.5, 0.6) is 0 Å². The number of nitrogens with zero attached hydrogens (tertiary/aromatic N) is 1. The molecule has 0 aliphatic heterocycles. The number of likely N-dealkylation sites (N-methyl/N-ethyl adjacent to an activating group) is 1. The van der Waals surface area contributed by atoms with Crippen LogP contribution in [0, 0.1) is 6.92 Å². The Morgan fingerprint density at radius 2 is 2.06 bits per heavy atom. The average Bonchev–Trinajstić information content (AvgIpc) is 2.32. The molecule has 1 aromatic carbocycles. The first-order valence-corrected chi connectivity index (χ1v) is 7.07. The van der Waals surface area contributed by atoms with E-state index in [4.69, 9.17) is 17.3 Å². The van der Waals surface area contributed by atoms with Crippen LogP contribution in [-0.2, 0) is 0 Å². The first kappa shape index (κ1) is 15.5. The van der Waals surface area contributed by atoms with E-state index in [-0.39, 0.29) is 6.04 Å². The van der Waals surface area contributed by atoms with Gasteiger partial charge in [0, 0.05) is 23.7 Å². The lowest BCUT2D eigenvalue weighted by atomic mass is 9.98. The molecule has 2 N–H and O–H groups in total. The second kappa shape index (κ2) is 7.13. The van der Waals surface area contributed by atoms with Crippen LogP contribution in [0.1, 0.15) is 43.9 Å². The van der Waals surface area contributed by atoms with Crippen LogP contribution in [0.15, 0.2) is 18.2 Å². The van der Waals surface area contributed by atoms with Gasteiger partial charge in [0.1, 0.15) is 0 Å². The van der Waals surface area contributed by atoms with Gasteiger partial charge in [-0.15, -0.1) is 0 Å². The Hall–Kier alpha value is -0.570. The molecule has 1 rings (SSSR count). The van der Waals surface area contributed by atoms with Gasteiger partial charge < -0.3 is 5.73 Å². The van der Waals surface area contributed by atoms with Crippen molar-refractivity contribution < 1.29 is 0 Å². The summed E-state index contributed by atoms with van der Waals surface area (Å²) in [4.78, 5) is 2.37. The Bertz CT molecular complexity index is 379. The summed E-state index contributed by atoms with van der Waals surface area (Å²) in [5.74, 6) is 0. The Kier molecular flexibility index (Phi) is 6.13. The van der Waals surface area contributed by atoms with Crippen LogP contribution in [0.2, 0.25) is 5.02 Å². The van der Waals surface area contributed by atoms with Crippen LogP contribution in [0.3, 0.4) is 0 Å². The summed E-state index contributed by atoms with van der Waals surface area (Å²) in [6.45, 7) is 7.21. The summed E-state index contributed by atoms with van der Waals surface area (Å²) < 4.78 is 0. The summed E-state index contributed by atoms with van der Waals surface area (Å²) >= 11 is 6.01. The van der Waals surface area contributed by atoms with E-state index in [0.29, 0.717) is 12.6 Å². The molecular formula is C15H25ClN2. The number of aryl methyl sites for hydroxylation is 1. The van der Waals surface area contributed by atoms with Gasteiger partial charge in [-0.25, -0.2) is 0 Å². The van der Waals surface area contributed by atoms with Crippen LogP contribution < -0.4 is 5.73 Å². The molecule has 1 aromatic rings. The Morgan fingerprint density at radius 3 is 2.56 bits per heavy atom. The summed E-state index contributed by atoms with van der Waals surface area (Å²) in [7, 11) is 2.16. The van der Waals surface area contributed by atoms with Crippen molar-refractivity contribution in [3.05, 3.63) is 34.3 Å². The van der Waals surface area contributed by atoms with Gasteiger partial charge in [-0.05, 0) is 50.6 Å². The van der Waals surface area contributed by atoms with Crippen LogP contribution in [0.4, 0.5) is 0 Å². The van der Waals surface area contributed by atoms with Crippen molar-refractivity contribution in [2.24, 2.45) is 5.73 Å². The minimum atomic E-state index is 0.267. The molecule has 0 fully saturated rings. The third-order valence-electron chi connectivity index (χ3n) is 3.71. The Balaban J connectivity index is 2.94. The number of hydrogen-bond acceptors (Lipinski definition) is 2. The second-order valence-electron chi connectivity index (χ2n) is 5.06. The van der Waals surface area contributed by atoms with Gasteiger partial charge in [-0.3, -0.25) is 4.90 Å².